The number of rotatable bonds is 5. The van der Waals surface area contributed by atoms with Crippen molar-refractivity contribution in [2.24, 2.45) is 0 Å². The maximum atomic E-state index is 12.2. The largest absolute Gasteiger partial charge is 0.465 e. The molecule has 0 saturated heterocycles. The third-order valence-corrected chi connectivity index (χ3v) is 4.69. The fourth-order valence-electron chi connectivity index (χ4n) is 2.65. The van der Waals surface area contributed by atoms with Crippen LogP contribution in [0.4, 0.5) is 0 Å². The first kappa shape index (κ1) is 15.4. The molecule has 0 spiro atoms. The van der Waals surface area contributed by atoms with Gasteiger partial charge in [0.1, 0.15) is 5.01 Å². The third kappa shape index (κ3) is 4.28. The van der Waals surface area contributed by atoms with Crippen LogP contribution in [-0.2, 0) is 9.53 Å². The van der Waals surface area contributed by atoms with E-state index in [9.17, 15) is 4.79 Å². The lowest BCUT2D eigenvalue weighted by molar-refractivity contribution is -0.146. The molecule has 4 nitrogen and oxygen atoms in total. The summed E-state index contributed by atoms with van der Waals surface area (Å²) >= 11 is 1.53. The van der Waals surface area contributed by atoms with E-state index in [-0.39, 0.29) is 5.97 Å². The molecule has 1 aromatic heterocycles. The first-order chi connectivity index (χ1) is 9.70. The van der Waals surface area contributed by atoms with Gasteiger partial charge in [-0.15, -0.1) is 11.3 Å². The summed E-state index contributed by atoms with van der Waals surface area (Å²) in [5.41, 5.74) is 0.960. The summed E-state index contributed by atoms with van der Waals surface area (Å²) in [4.78, 5) is 16.7. The van der Waals surface area contributed by atoms with E-state index in [0.29, 0.717) is 12.6 Å². The Morgan fingerprint density at radius 2 is 2.15 bits per heavy atom. The Balaban J connectivity index is 2.07. The molecule has 1 N–H and O–H groups in total. The highest BCUT2D eigenvalue weighted by Crippen LogP contribution is 2.24. The maximum absolute atomic E-state index is 12.2. The number of carbonyl (C=O) groups excluding carboxylic acids is 1. The summed E-state index contributed by atoms with van der Waals surface area (Å²) in [7, 11) is 0. The summed E-state index contributed by atoms with van der Waals surface area (Å²) in [6.45, 7) is 4.20. The minimum Gasteiger partial charge on any atom is -0.465 e. The molecule has 1 saturated carbocycles. The zero-order chi connectivity index (χ0) is 14.4. The van der Waals surface area contributed by atoms with Gasteiger partial charge >= 0.3 is 5.97 Å². The molecule has 20 heavy (non-hydrogen) atoms. The van der Waals surface area contributed by atoms with Gasteiger partial charge in [0.25, 0.3) is 0 Å². The number of ether oxygens (including phenoxy) is 1. The second-order valence-electron chi connectivity index (χ2n) is 5.37. The fraction of sp³-hybridized carbons (Fsp3) is 0.733. The average Bonchev–Trinajstić information content (AvgIpc) is 2.70. The van der Waals surface area contributed by atoms with Crippen molar-refractivity contribution in [3.05, 3.63) is 16.1 Å². The maximum Gasteiger partial charge on any atom is 0.330 e. The van der Waals surface area contributed by atoms with Gasteiger partial charge in [-0.2, -0.15) is 0 Å². The zero-order valence-corrected chi connectivity index (χ0v) is 13.2. The highest BCUT2D eigenvalue weighted by molar-refractivity contribution is 7.09. The molecule has 5 heteroatoms. The Hall–Kier alpha value is -0.940. The predicted molar refractivity (Wildman–Crippen MR) is 80.9 cm³/mol. The van der Waals surface area contributed by atoms with Crippen LogP contribution in [0, 0.1) is 6.92 Å². The molecule has 1 aliphatic carbocycles. The molecule has 0 aliphatic heterocycles. The molecule has 2 rings (SSSR count). The van der Waals surface area contributed by atoms with Crippen molar-refractivity contribution >= 4 is 17.3 Å². The highest BCUT2D eigenvalue weighted by atomic mass is 32.1. The number of hydrogen-bond acceptors (Lipinski definition) is 5. The van der Waals surface area contributed by atoms with Gasteiger partial charge in [0.15, 0.2) is 6.04 Å². The molecule has 1 aliphatic rings. The Bertz CT molecular complexity index is 425. The number of nitrogens with one attached hydrogen (secondary N) is 1. The average molecular weight is 296 g/mol. The van der Waals surface area contributed by atoms with E-state index in [1.165, 1.54) is 37.0 Å². The van der Waals surface area contributed by atoms with Gasteiger partial charge in [-0.05, 0) is 26.7 Å². The Morgan fingerprint density at radius 1 is 1.45 bits per heavy atom. The monoisotopic (exact) mass is 296 g/mol. The molecule has 112 valence electrons. The van der Waals surface area contributed by atoms with Crippen LogP contribution in [0.2, 0.25) is 0 Å². The standard InChI is InChI=1S/C15H24N2O2S/c1-3-19-15(18)13(14-16-11(2)10-20-14)17-12-8-6-4-5-7-9-12/h10,12-13,17H,3-9H2,1-2H3. The van der Waals surface area contributed by atoms with E-state index in [1.807, 2.05) is 19.2 Å². The van der Waals surface area contributed by atoms with Gasteiger partial charge in [-0.25, -0.2) is 9.78 Å². The SMILES string of the molecule is CCOC(=O)C(NC1CCCCCC1)c1nc(C)cs1. The van der Waals surface area contributed by atoms with Gasteiger partial charge < -0.3 is 4.74 Å². The summed E-state index contributed by atoms with van der Waals surface area (Å²) in [6, 6.07) is -0.00661. The molecule has 0 bridgehead atoms. The van der Waals surface area contributed by atoms with Crippen molar-refractivity contribution in [3.63, 3.8) is 0 Å². The third-order valence-electron chi connectivity index (χ3n) is 3.66. The van der Waals surface area contributed by atoms with E-state index >= 15 is 0 Å². The van der Waals surface area contributed by atoms with E-state index in [2.05, 4.69) is 10.3 Å². The van der Waals surface area contributed by atoms with Crippen LogP contribution in [-0.4, -0.2) is 23.6 Å². The lowest BCUT2D eigenvalue weighted by Gasteiger charge is -2.22. The van der Waals surface area contributed by atoms with Gasteiger partial charge in [0.2, 0.25) is 0 Å². The van der Waals surface area contributed by atoms with Crippen molar-refractivity contribution in [2.75, 3.05) is 6.61 Å². The minimum atomic E-state index is -0.406. The van der Waals surface area contributed by atoms with Crippen molar-refractivity contribution in [1.29, 1.82) is 0 Å². The summed E-state index contributed by atoms with van der Waals surface area (Å²) < 4.78 is 5.21. The van der Waals surface area contributed by atoms with E-state index in [0.717, 1.165) is 23.5 Å². The number of aryl methyl sites for hydroxylation is 1. The van der Waals surface area contributed by atoms with Crippen LogP contribution >= 0.6 is 11.3 Å². The number of hydrogen-bond donors (Lipinski definition) is 1. The number of thiazole rings is 1. The molecule has 1 fully saturated rings. The quantitative estimate of drug-likeness (QED) is 0.668. The number of aromatic nitrogens is 1. The van der Waals surface area contributed by atoms with Crippen molar-refractivity contribution < 1.29 is 9.53 Å². The molecular weight excluding hydrogens is 272 g/mol. The fourth-order valence-corrected chi connectivity index (χ4v) is 3.49. The van der Waals surface area contributed by atoms with Gasteiger partial charge in [0, 0.05) is 17.1 Å². The molecule has 0 amide bonds. The Labute approximate surface area is 124 Å². The van der Waals surface area contributed by atoms with Crippen LogP contribution in [0.25, 0.3) is 0 Å². The first-order valence-electron chi connectivity index (χ1n) is 7.55. The lowest BCUT2D eigenvalue weighted by Crippen LogP contribution is -2.37. The Kier molecular flexibility index (Phi) is 5.98. The van der Waals surface area contributed by atoms with Crippen LogP contribution in [0.1, 0.15) is 62.2 Å². The molecule has 1 unspecified atom stereocenters. The van der Waals surface area contributed by atoms with Gasteiger partial charge in [-0.1, -0.05) is 25.7 Å². The molecule has 1 heterocycles. The smallest absolute Gasteiger partial charge is 0.330 e. The number of carbonyl (C=O) groups is 1. The first-order valence-corrected chi connectivity index (χ1v) is 8.43. The molecule has 0 aromatic carbocycles. The lowest BCUT2D eigenvalue weighted by atomic mass is 10.1. The minimum absolute atomic E-state index is 0.203. The van der Waals surface area contributed by atoms with E-state index in [4.69, 9.17) is 4.74 Å². The van der Waals surface area contributed by atoms with E-state index < -0.39 is 6.04 Å². The zero-order valence-electron chi connectivity index (χ0n) is 12.4. The molecular formula is C15H24N2O2S. The number of nitrogens with zero attached hydrogens (tertiary/aromatic N) is 1. The van der Waals surface area contributed by atoms with Crippen LogP contribution in [0.5, 0.6) is 0 Å². The summed E-state index contributed by atoms with van der Waals surface area (Å²) in [5, 5.41) is 6.29. The highest BCUT2D eigenvalue weighted by Gasteiger charge is 2.27. The van der Waals surface area contributed by atoms with Gasteiger partial charge in [0.05, 0.1) is 6.61 Å². The number of esters is 1. The van der Waals surface area contributed by atoms with Crippen LogP contribution in [0.3, 0.4) is 0 Å². The Morgan fingerprint density at radius 3 is 2.70 bits per heavy atom. The van der Waals surface area contributed by atoms with E-state index in [1.54, 1.807) is 0 Å². The summed E-state index contributed by atoms with van der Waals surface area (Å²) in [5.74, 6) is -0.203. The predicted octanol–water partition coefficient (Wildman–Crippen LogP) is 3.37. The molecule has 1 aromatic rings. The second-order valence-corrected chi connectivity index (χ2v) is 6.26. The van der Waals surface area contributed by atoms with Crippen molar-refractivity contribution in [3.8, 4) is 0 Å². The van der Waals surface area contributed by atoms with Crippen molar-refractivity contribution in [2.45, 2.75) is 64.5 Å². The topological polar surface area (TPSA) is 51.2 Å². The second kappa shape index (κ2) is 7.74. The normalized spacial score (nSPS) is 18.5. The van der Waals surface area contributed by atoms with Gasteiger partial charge in [-0.3, -0.25) is 5.32 Å². The molecule has 1 atom stereocenters. The summed E-state index contributed by atoms with van der Waals surface area (Å²) in [6.07, 6.45) is 7.37. The molecule has 0 radical (unpaired) electrons. The van der Waals surface area contributed by atoms with Crippen LogP contribution < -0.4 is 5.32 Å². The van der Waals surface area contributed by atoms with Crippen molar-refractivity contribution in [1.82, 2.24) is 10.3 Å². The van der Waals surface area contributed by atoms with Crippen LogP contribution in [0.15, 0.2) is 5.38 Å².